The first-order valence-electron chi connectivity index (χ1n) is 8.03. The second-order valence-electron chi connectivity index (χ2n) is 6.43. The number of carbonyl (C=O) groups excluding carboxylic acids is 1. The fourth-order valence-corrected chi connectivity index (χ4v) is 3.19. The number of pyridine rings is 1. The molecular formula is C16H17F3N4O3. The van der Waals surface area contributed by atoms with E-state index in [9.17, 15) is 27.6 Å². The van der Waals surface area contributed by atoms with E-state index in [4.69, 9.17) is 0 Å². The van der Waals surface area contributed by atoms with E-state index in [2.05, 4.69) is 4.98 Å². The Morgan fingerprint density at radius 1 is 1.23 bits per heavy atom. The smallest absolute Gasteiger partial charge is 0.338 e. The summed E-state index contributed by atoms with van der Waals surface area (Å²) in [6.45, 7) is -0.194. The van der Waals surface area contributed by atoms with Gasteiger partial charge in [-0.3, -0.25) is 18.7 Å². The van der Waals surface area contributed by atoms with Crippen LogP contribution in [0.4, 0.5) is 13.2 Å². The topological polar surface area (TPSA) is 77.2 Å². The predicted octanol–water partition coefficient (Wildman–Crippen LogP) is 1.05. The van der Waals surface area contributed by atoms with Crippen LogP contribution in [0.5, 0.6) is 0 Å². The maximum atomic E-state index is 12.9. The number of hydrogen-bond acceptors (Lipinski definition) is 4. The molecule has 7 nitrogen and oxygen atoms in total. The molecule has 0 aromatic carbocycles. The molecule has 3 rings (SSSR count). The van der Waals surface area contributed by atoms with E-state index in [-0.39, 0.29) is 36.0 Å². The summed E-state index contributed by atoms with van der Waals surface area (Å²) in [6.07, 6.45) is -2.92. The van der Waals surface area contributed by atoms with Crippen molar-refractivity contribution < 1.29 is 18.0 Å². The molecule has 140 valence electrons. The van der Waals surface area contributed by atoms with E-state index in [1.54, 1.807) is 0 Å². The van der Waals surface area contributed by atoms with E-state index < -0.39 is 35.8 Å². The third-order valence-electron chi connectivity index (χ3n) is 4.71. The van der Waals surface area contributed by atoms with Gasteiger partial charge in [-0.2, -0.15) is 13.2 Å². The normalized spacial score (nSPS) is 18.3. The second kappa shape index (κ2) is 6.26. The number of halogens is 3. The Morgan fingerprint density at radius 2 is 1.92 bits per heavy atom. The molecule has 2 aromatic heterocycles. The van der Waals surface area contributed by atoms with Crippen molar-refractivity contribution in [3.05, 3.63) is 38.7 Å². The summed E-state index contributed by atoms with van der Waals surface area (Å²) >= 11 is 0. The van der Waals surface area contributed by atoms with Crippen LogP contribution in [-0.4, -0.2) is 44.2 Å². The first-order chi connectivity index (χ1) is 12.1. The lowest BCUT2D eigenvalue weighted by atomic mass is 9.97. The Hall–Kier alpha value is -2.65. The monoisotopic (exact) mass is 370 g/mol. The second-order valence-corrected chi connectivity index (χ2v) is 6.43. The molecule has 10 heteroatoms. The lowest BCUT2D eigenvalue weighted by Gasteiger charge is -2.33. The van der Waals surface area contributed by atoms with Gasteiger partial charge in [0.25, 0.3) is 11.5 Å². The van der Waals surface area contributed by atoms with Gasteiger partial charge in [0.05, 0.1) is 16.9 Å². The van der Waals surface area contributed by atoms with Crippen molar-refractivity contribution in [1.82, 2.24) is 19.0 Å². The van der Waals surface area contributed by atoms with Crippen molar-refractivity contribution in [3.63, 3.8) is 0 Å². The number of piperidine rings is 1. The number of rotatable bonds is 1. The molecule has 1 aliphatic heterocycles. The Bertz CT molecular complexity index is 993. The summed E-state index contributed by atoms with van der Waals surface area (Å²) in [5.74, 6) is -2.16. The molecular weight excluding hydrogens is 353 g/mol. The Morgan fingerprint density at radius 3 is 2.58 bits per heavy atom. The minimum absolute atomic E-state index is 0.00803. The maximum Gasteiger partial charge on any atom is 0.393 e. The molecule has 1 aliphatic rings. The molecule has 1 amide bonds. The van der Waals surface area contributed by atoms with Crippen LogP contribution in [0.25, 0.3) is 11.0 Å². The van der Waals surface area contributed by atoms with Gasteiger partial charge in [0.1, 0.15) is 5.65 Å². The number of nitrogens with zero attached hydrogens (tertiary/aromatic N) is 4. The molecule has 3 heterocycles. The van der Waals surface area contributed by atoms with Crippen LogP contribution >= 0.6 is 0 Å². The Balaban J connectivity index is 1.99. The quantitative estimate of drug-likeness (QED) is 0.752. The number of fused-ring (bicyclic) bond motifs is 1. The molecule has 0 N–H and O–H groups in total. The SMILES string of the molecule is Cn1c(=O)c2cc(C(=O)N3CCC[C@H](C(F)(F)F)C3)cnc2n(C)c1=O. The van der Waals surface area contributed by atoms with Gasteiger partial charge >= 0.3 is 11.9 Å². The summed E-state index contributed by atoms with van der Waals surface area (Å²) in [7, 11) is 2.74. The zero-order valence-corrected chi connectivity index (χ0v) is 14.2. The minimum atomic E-state index is -4.35. The van der Waals surface area contributed by atoms with Gasteiger partial charge < -0.3 is 4.90 Å². The summed E-state index contributed by atoms with van der Waals surface area (Å²) in [5, 5.41) is 0.0600. The van der Waals surface area contributed by atoms with Crippen LogP contribution in [0, 0.1) is 5.92 Å². The van der Waals surface area contributed by atoms with E-state index in [1.807, 2.05) is 0 Å². The van der Waals surface area contributed by atoms with Gasteiger partial charge in [0, 0.05) is 33.4 Å². The zero-order chi connectivity index (χ0) is 19.2. The molecule has 1 fully saturated rings. The number of alkyl halides is 3. The number of likely N-dealkylation sites (tertiary alicyclic amines) is 1. The highest BCUT2D eigenvalue weighted by molar-refractivity contribution is 5.96. The van der Waals surface area contributed by atoms with Crippen LogP contribution in [0.15, 0.2) is 21.9 Å². The van der Waals surface area contributed by atoms with E-state index in [0.29, 0.717) is 0 Å². The summed E-state index contributed by atoms with van der Waals surface area (Å²) < 4.78 is 40.9. The lowest BCUT2D eigenvalue weighted by molar-refractivity contribution is -0.184. The van der Waals surface area contributed by atoms with Crippen LogP contribution in [-0.2, 0) is 14.1 Å². The van der Waals surface area contributed by atoms with E-state index in [1.165, 1.54) is 30.9 Å². The fourth-order valence-electron chi connectivity index (χ4n) is 3.19. The minimum Gasteiger partial charge on any atom is -0.338 e. The van der Waals surface area contributed by atoms with Gasteiger partial charge in [0.15, 0.2) is 0 Å². The van der Waals surface area contributed by atoms with Crippen LogP contribution in [0.1, 0.15) is 23.2 Å². The van der Waals surface area contributed by atoms with Crippen LogP contribution in [0.3, 0.4) is 0 Å². The molecule has 1 saturated heterocycles. The highest BCUT2D eigenvalue weighted by atomic mass is 19.4. The summed E-state index contributed by atoms with van der Waals surface area (Å²) in [5.41, 5.74) is -1.03. The van der Waals surface area contributed by atoms with E-state index >= 15 is 0 Å². The summed E-state index contributed by atoms with van der Waals surface area (Å²) in [4.78, 5) is 41.9. The first-order valence-corrected chi connectivity index (χ1v) is 8.03. The van der Waals surface area contributed by atoms with Crippen molar-refractivity contribution in [3.8, 4) is 0 Å². The van der Waals surface area contributed by atoms with Gasteiger partial charge in [-0.25, -0.2) is 9.78 Å². The summed E-state index contributed by atoms with van der Waals surface area (Å²) in [6, 6.07) is 1.28. The van der Waals surface area contributed by atoms with Crippen molar-refractivity contribution in [1.29, 1.82) is 0 Å². The highest BCUT2D eigenvalue weighted by Crippen LogP contribution is 2.33. The fraction of sp³-hybridized carbons (Fsp3) is 0.500. The number of aryl methyl sites for hydroxylation is 1. The van der Waals surface area contributed by atoms with Gasteiger partial charge in [-0.05, 0) is 18.9 Å². The molecule has 0 aliphatic carbocycles. The molecule has 0 bridgehead atoms. The average Bonchev–Trinajstić information content (AvgIpc) is 2.63. The molecule has 26 heavy (non-hydrogen) atoms. The van der Waals surface area contributed by atoms with Crippen molar-refractivity contribution in [2.45, 2.75) is 19.0 Å². The number of amides is 1. The van der Waals surface area contributed by atoms with Gasteiger partial charge in [0.2, 0.25) is 0 Å². The predicted molar refractivity (Wildman–Crippen MR) is 86.9 cm³/mol. The molecule has 0 unspecified atom stereocenters. The van der Waals surface area contributed by atoms with Crippen LogP contribution in [0.2, 0.25) is 0 Å². The van der Waals surface area contributed by atoms with Crippen molar-refractivity contribution in [2.75, 3.05) is 13.1 Å². The maximum absolute atomic E-state index is 12.9. The molecule has 2 aromatic rings. The molecule has 0 radical (unpaired) electrons. The first kappa shape index (κ1) is 18.2. The van der Waals surface area contributed by atoms with Crippen molar-refractivity contribution in [2.24, 2.45) is 20.0 Å². The Labute approximate surface area is 145 Å². The molecule has 0 saturated carbocycles. The average molecular weight is 370 g/mol. The standard InChI is InChI=1S/C16H17F3N4O3/c1-21-12-11(14(25)22(2)15(21)26)6-9(7-20-12)13(24)23-5-3-4-10(8-23)16(17,18)19/h6-7,10H,3-5,8H2,1-2H3/t10-/m0/s1. The van der Waals surface area contributed by atoms with Crippen LogP contribution < -0.4 is 11.2 Å². The van der Waals surface area contributed by atoms with Crippen molar-refractivity contribution >= 4 is 16.9 Å². The number of hydrogen-bond donors (Lipinski definition) is 0. The third kappa shape index (κ3) is 2.99. The highest BCUT2D eigenvalue weighted by Gasteiger charge is 2.42. The lowest BCUT2D eigenvalue weighted by Crippen LogP contribution is -2.44. The van der Waals surface area contributed by atoms with E-state index in [0.717, 1.165) is 9.47 Å². The number of carbonyl (C=O) groups is 1. The third-order valence-corrected chi connectivity index (χ3v) is 4.71. The zero-order valence-electron chi connectivity index (χ0n) is 14.2. The van der Waals surface area contributed by atoms with Gasteiger partial charge in [-0.15, -0.1) is 0 Å². The van der Waals surface area contributed by atoms with Gasteiger partial charge in [-0.1, -0.05) is 0 Å². The number of aromatic nitrogens is 3. The molecule has 0 spiro atoms. The molecule has 1 atom stereocenters. The largest absolute Gasteiger partial charge is 0.393 e. The Kier molecular flexibility index (Phi) is 4.37.